The van der Waals surface area contributed by atoms with Crippen LogP contribution in [0.3, 0.4) is 0 Å². The molecule has 0 bridgehead atoms. The van der Waals surface area contributed by atoms with Crippen molar-refractivity contribution in [2.75, 3.05) is 0 Å². The number of hydrogen-bond donors (Lipinski definition) is 2. The summed E-state index contributed by atoms with van der Waals surface area (Å²) < 4.78 is 0. The van der Waals surface area contributed by atoms with Crippen molar-refractivity contribution < 1.29 is 10.2 Å². The second-order valence-electron chi connectivity index (χ2n) is 10.00. The molecule has 198 valence electrons. The Balaban J connectivity index is 1.31. The molecule has 0 spiro atoms. The van der Waals surface area contributed by atoms with Gasteiger partial charge in [0.1, 0.15) is 0 Å². The first-order valence-corrected chi connectivity index (χ1v) is 16.3. The summed E-state index contributed by atoms with van der Waals surface area (Å²) >= 11 is 0. The number of benzene rings is 4. The number of aliphatic hydroxyl groups excluding tert-OH is 2. The van der Waals surface area contributed by atoms with Gasteiger partial charge < -0.3 is 10.2 Å². The molecule has 4 heteroatoms. The zero-order valence-electron chi connectivity index (χ0n) is 22.1. The fraction of sp³-hybridized carbons (Fsp3) is 0.111. The van der Waals surface area contributed by atoms with Gasteiger partial charge in [-0.05, 0) is 47.7 Å². The summed E-state index contributed by atoms with van der Waals surface area (Å²) in [5.41, 5.74) is 0. The molecule has 2 aliphatic rings. The largest absolute Gasteiger partial charge is 0.389 e. The van der Waals surface area contributed by atoms with Crippen LogP contribution < -0.4 is 21.2 Å². The van der Waals surface area contributed by atoms with Crippen molar-refractivity contribution >= 4 is 37.1 Å². The van der Waals surface area contributed by atoms with Crippen LogP contribution in [0.1, 0.15) is 0 Å². The van der Waals surface area contributed by atoms with Gasteiger partial charge in [-0.2, -0.15) is 0 Å². The first-order valence-electron chi connectivity index (χ1n) is 13.7. The summed E-state index contributed by atoms with van der Waals surface area (Å²) in [4.78, 5) is 0. The summed E-state index contributed by atoms with van der Waals surface area (Å²) in [5, 5.41) is 31.0. The number of hydrogen-bond acceptors (Lipinski definition) is 2. The van der Waals surface area contributed by atoms with Gasteiger partial charge in [-0.25, -0.2) is 0 Å². The lowest BCUT2D eigenvalue weighted by atomic mass is 9.91. The van der Waals surface area contributed by atoms with Gasteiger partial charge in [0.2, 0.25) is 0 Å². The van der Waals surface area contributed by atoms with Crippen molar-refractivity contribution in [1.82, 2.24) is 0 Å². The summed E-state index contributed by atoms with van der Waals surface area (Å²) in [6.45, 7) is 0. The van der Waals surface area contributed by atoms with Gasteiger partial charge in [-0.3, -0.25) is 0 Å². The van der Waals surface area contributed by atoms with Crippen molar-refractivity contribution in [1.29, 1.82) is 0 Å². The second-order valence-corrected chi connectivity index (χ2v) is 14.4. The molecule has 0 fully saturated rings. The lowest BCUT2D eigenvalue weighted by molar-refractivity contribution is -0.00961. The smallest absolute Gasteiger partial charge is 0.0911 e. The molecule has 0 saturated carbocycles. The molecule has 2 nitrogen and oxygen atoms in total. The van der Waals surface area contributed by atoms with E-state index in [-0.39, 0.29) is 11.8 Å². The summed E-state index contributed by atoms with van der Waals surface area (Å²) in [7, 11) is -1.72. The van der Waals surface area contributed by atoms with E-state index < -0.39 is 28.1 Å². The maximum Gasteiger partial charge on any atom is 0.0911 e. The summed E-state index contributed by atoms with van der Waals surface area (Å²) in [6.07, 6.45) is 10.6. The molecule has 6 rings (SSSR count). The number of allylic oxidation sites excluding steroid dienone is 4. The first kappa shape index (κ1) is 26.8. The van der Waals surface area contributed by atoms with Crippen molar-refractivity contribution in [3.05, 3.63) is 168 Å². The van der Waals surface area contributed by atoms with E-state index in [1.54, 1.807) is 0 Å². The van der Waals surface area contributed by atoms with Gasteiger partial charge in [-0.1, -0.05) is 158 Å². The molecule has 4 aromatic carbocycles. The minimum Gasteiger partial charge on any atom is -0.389 e. The Labute approximate surface area is 239 Å². The van der Waals surface area contributed by atoms with Crippen molar-refractivity contribution in [2.24, 2.45) is 11.8 Å². The van der Waals surface area contributed by atoms with Crippen molar-refractivity contribution in [3.8, 4) is 0 Å². The highest BCUT2D eigenvalue weighted by Crippen LogP contribution is 2.53. The summed E-state index contributed by atoms with van der Waals surface area (Å²) in [5.74, 6) is -0.534. The normalized spacial score (nSPS) is 19.6. The Hall–Kier alpha value is -3.38. The molecule has 2 unspecified atom stereocenters. The molecule has 40 heavy (non-hydrogen) atoms. The lowest BCUT2D eigenvalue weighted by Gasteiger charge is -2.34. The highest BCUT2D eigenvalue weighted by Gasteiger charge is 2.39. The van der Waals surface area contributed by atoms with Crippen LogP contribution in [0.15, 0.2) is 168 Å². The lowest BCUT2D eigenvalue weighted by Crippen LogP contribution is -2.39. The van der Waals surface area contributed by atoms with E-state index in [0.717, 1.165) is 0 Å². The van der Waals surface area contributed by atoms with Gasteiger partial charge in [0.25, 0.3) is 0 Å². The Morgan fingerprint density at radius 1 is 0.425 bits per heavy atom. The third kappa shape index (κ3) is 5.46. The predicted molar refractivity (Wildman–Crippen MR) is 172 cm³/mol. The minimum absolute atomic E-state index is 0.267. The first-order chi connectivity index (χ1) is 19.7. The molecule has 0 heterocycles. The maximum atomic E-state index is 11.8. The van der Waals surface area contributed by atoms with Crippen LogP contribution in [0.2, 0.25) is 0 Å². The number of aliphatic hydroxyl groups is 2. The predicted octanol–water partition coefficient (Wildman–Crippen LogP) is 6.11. The van der Waals surface area contributed by atoms with E-state index >= 15 is 0 Å². The van der Waals surface area contributed by atoms with E-state index in [1.165, 1.54) is 31.8 Å². The fourth-order valence-corrected chi connectivity index (χ4v) is 10.8. The summed E-state index contributed by atoms with van der Waals surface area (Å²) in [6, 6.07) is 42.1. The van der Waals surface area contributed by atoms with Gasteiger partial charge in [-0.15, -0.1) is 0 Å². The van der Waals surface area contributed by atoms with Crippen LogP contribution in [0.5, 0.6) is 0 Å². The number of rotatable bonds is 9. The van der Waals surface area contributed by atoms with E-state index in [4.69, 9.17) is 0 Å². The SMILES string of the molecule is O[C@H](C1C=CC=C1P(c1ccccc1)c1ccccc1)[C@H](O)C1C=CC=C1P(c1ccccc1)c1ccccc1. The standard InChI is InChI=1S/C36H32O2P2/c37-35(31-23-13-25-33(31)39(27-15-5-1-6-16-27)28-17-7-2-8-18-28)36(38)32-24-14-26-34(32)40(29-19-9-3-10-20-29)30-21-11-4-12-22-30/h1-26,31-32,35-38H/t31?,32?,35-,36-/m1/s1. The van der Waals surface area contributed by atoms with E-state index in [1.807, 2.05) is 36.4 Å². The second kappa shape index (κ2) is 12.4. The highest BCUT2D eigenvalue weighted by molar-refractivity contribution is 7.77. The van der Waals surface area contributed by atoms with Crippen LogP contribution in [-0.2, 0) is 0 Å². The third-order valence-corrected chi connectivity index (χ3v) is 12.7. The molecule has 0 saturated heterocycles. The molecular formula is C36H32O2P2. The molecule has 2 N–H and O–H groups in total. The third-order valence-electron chi connectivity index (χ3n) is 7.51. The molecule has 0 aliphatic heterocycles. The Bertz CT molecular complexity index is 1330. The van der Waals surface area contributed by atoms with Crippen LogP contribution in [0.4, 0.5) is 0 Å². The Morgan fingerprint density at radius 3 is 0.975 bits per heavy atom. The molecular weight excluding hydrogens is 526 g/mol. The fourth-order valence-electron chi connectivity index (χ4n) is 5.62. The van der Waals surface area contributed by atoms with Crippen molar-refractivity contribution in [3.63, 3.8) is 0 Å². The average Bonchev–Trinajstić information content (AvgIpc) is 3.70. The van der Waals surface area contributed by atoms with E-state index in [9.17, 15) is 10.2 Å². The molecule has 2 aliphatic carbocycles. The molecule has 4 atom stereocenters. The van der Waals surface area contributed by atoms with E-state index in [0.29, 0.717) is 0 Å². The topological polar surface area (TPSA) is 40.5 Å². The van der Waals surface area contributed by atoms with Crippen LogP contribution in [0.25, 0.3) is 0 Å². The molecule has 0 radical (unpaired) electrons. The van der Waals surface area contributed by atoms with Crippen LogP contribution in [-0.4, -0.2) is 22.4 Å². The van der Waals surface area contributed by atoms with Crippen molar-refractivity contribution in [2.45, 2.75) is 12.2 Å². The van der Waals surface area contributed by atoms with E-state index in [2.05, 4.69) is 121 Å². The molecule has 4 aromatic rings. The molecule has 0 aromatic heterocycles. The van der Waals surface area contributed by atoms with Gasteiger partial charge >= 0.3 is 0 Å². The van der Waals surface area contributed by atoms with Gasteiger partial charge in [0, 0.05) is 11.8 Å². The van der Waals surface area contributed by atoms with Gasteiger partial charge in [0.05, 0.1) is 12.2 Å². The zero-order chi connectivity index (χ0) is 27.3. The van der Waals surface area contributed by atoms with Crippen LogP contribution >= 0.6 is 15.8 Å². The quantitative estimate of drug-likeness (QED) is 0.243. The Kier molecular flexibility index (Phi) is 8.33. The molecule has 0 amide bonds. The minimum atomic E-state index is -0.943. The highest BCUT2D eigenvalue weighted by atomic mass is 31.1. The average molecular weight is 559 g/mol. The monoisotopic (exact) mass is 558 g/mol. The Morgan fingerprint density at radius 2 is 0.700 bits per heavy atom. The maximum absolute atomic E-state index is 11.8. The zero-order valence-corrected chi connectivity index (χ0v) is 23.9. The van der Waals surface area contributed by atoms with Crippen LogP contribution in [0, 0.1) is 11.8 Å². The van der Waals surface area contributed by atoms with Gasteiger partial charge in [0.15, 0.2) is 0 Å².